The molecule has 1 aromatic heterocycles. The highest BCUT2D eigenvalue weighted by Crippen LogP contribution is 2.22. The SMILES string of the molecule is CC(C)CNc1cc(N2CCN(c3ccccc3F)CC2)ncn1. The molecule has 5 nitrogen and oxygen atoms in total. The highest BCUT2D eigenvalue weighted by atomic mass is 19.1. The van der Waals surface area contributed by atoms with Gasteiger partial charge in [-0.25, -0.2) is 14.4 Å². The molecule has 1 fully saturated rings. The lowest BCUT2D eigenvalue weighted by atomic mass is 10.2. The number of benzene rings is 1. The molecule has 1 saturated heterocycles. The molecule has 0 spiro atoms. The van der Waals surface area contributed by atoms with E-state index in [4.69, 9.17) is 0 Å². The predicted molar refractivity (Wildman–Crippen MR) is 96.2 cm³/mol. The molecule has 0 amide bonds. The van der Waals surface area contributed by atoms with Crippen LogP contribution < -0.4 is 15.1 Å². The molecule has 6 heteroatoms. The van der Waals surface area contributed by atoms with Crippen molar-refractivity contribution in [1.29, 1.82) is 0 Å². The quantitative estimate of drug-likeness (QED) is 0.913. The Morgan fingerprint density at radius 1 is 1.08 bits per heavy atom. The monoisotopic (exact) mass is 329 g/mol. The molecule has 1 N–H and O–H groups in total. The largest absolute Gasteiger partial charge is 0.370 e. The molecule has 0 radical (unpaired) electrons. The Hall–Kier alpha value is -2.37. The summed E-state index contributed by atoms with van der Waals surface area (Å²) in [6, 6.07) is 8.94. The second-order valence-corrected chi connectivity index (χ2v) is 6.46. The van der Waals surface area contributed by atoms with E-state index >= 15 is 0 Å². The number of hydrogen-bond donors (Lipinski definition) is 1. The van der Waals surface area contributed by atoms with Gasteiger partial charge < -0.3 is 15.1 Å². The zero-order valence-corrected chi connectivity index (χ0v) is 14.2. The normalized spacial score (nSPS) is 15.0. The maximum absolute atomic E-state index is 13.9. The van der Waals surface area contributed by atoms with Gasteiger partial charge in [-0.1, -0.05) is 26.0 Å². The Labute approximate surface area is 142 Å². The van der Waals surface area contributed by atoms with E-state index in [1.807, 2.05) is 18.2 Å². The minimum Gasteiger partial charge on any atom is -0.370 e. The maximum Gasteiger partial charge on any atom is 0.146 e. The molecule has 1 aliphatic heterocycles. The number of nitrogens with zero attached hydrogens (tertiary/aromatic N) is 4. The molecule has 2 heterocycles. The first kappa shape index (κ1) is 16.5. The summed E-state index contributed by atoms with van der Waals surface area (Å²) >= 11 is 0. The van der Waals surface area contributed by atoms with Crippen LogP contribution in [-0.4, -0.2) is 42.7 Å². The van der Waals surface area contributed by atoms with Gasteiger partial charge in [0.25, 0.3) is 0 Å². The van der Waals surface area contributed by atoms with Gasteiger partial charge >= 0.3 is 0 Å². The Morgan fingerprint density at radius 3 is 2.50 bits per heavy atom. The molecule has 128 valence electrons. The molecule has 24 heavy (non-hydrogen) atoms. The van der Waals surface area contributed by atoms with Crippen molar-refractivity contribution >= 4 is 17.3 Å². The number of halogens is 1. The van der Waals surface area contributed by atoms with E-state index in [1.54, 1.807) is 12.4 Å². The van der Waals surface area contributed by atoms with E-state index in [1.165, 1.54) is 6.07 Å². The van der Waals surface area contributed by atoms with Gasteiger partial charge in [0.2, 0.25) is 0 Å². The van der Waals surface area contributed by atoms with Crippen LogP contribution in [0.3, 0.4) is 0 Å². The predicted octanol–water partition coefficient (Wildman–Crippen LogP) is 3.01. The van der Waals surface area contributed by atoms with Gasteiger partial charge in [0.1, 0.15) is 23.8 Å². The van der Waals surface area contributed by atoms with Gasteiger partial charge in [-0.3, -0.25) is 0 Å². The summed E-state index contributed by atoms with van der Waals surface area (Å²) in [4.78, 5) is 13.0. The topological polar surface area (TPSA) is 44.3 Å². The Morgan fingerprint density at radius 2 is 1.79 bits per heavy atom. The minimum absolute atomic E-state index is 0.159. The van der Waals surface area contributed by atoms with E-state index < -0.39 is 0 Å². The second kappa shape index (κ2) is 7.47. The summed E-state index contributed by atoms with van der Waals surface area (Å²) in [6.45, 7) is 8.40. The number of piperazine rings is 1. The standard InChI is InChI=1S/C18H24FN5/c1-14(2)12-20-17-11-18(22-13-21-17)24-9-7-23(8-10-24)16-6-4-3-5-15(16)19/h3-6,11,13-14H,7-10,12H2,1-2H3,(H,20,21,22). The van der Waals surface area contributed by atoms with Gasteiger partial charge in [0, 0.05) is 38.8 Å². The smallest absolute Gasteiger partial charge is 0.146 e. The second-order valence-electron chi connectivity index (χ2n) is 6.46. The average Bonchev–Trinajstić information content (AvgIpc) is 2.61. The molecular formula is C18H24FN5. The van der Waals surface area contributed by atoms with Crippen LogP contribution in [0.5, 0.6) is 0 Å². The van der Waals surface area contributed by atoms with Gasteiger partial charge in [-0.2, -0.15) is 0 Å². The van der Waals surface area contributed by atoms with Crippen LogP contribution in [0.15, 0.2) is 36.7 Å². The van der Waals surface area contributed by atoms with Gasteiger partial charge in [-0.15, -0.1) is 0 Å². The molecule has 0 aliphatic carbocycles. The molecular weight excluding hydrogens is 305 g/mol. The summed E-state index contributed by atoms with van der Waals surface area (Å²) in [7, 11) is 0. The molecule has 1 aliphatic rings. The molecule has 3 rings (SSSR count). The van der Waals surface area contributed by atoms with Gasteiger partial charge in [0.05, 0.1) is 5.69 Å². The zero-order valence-electron chi connectivity index (χ0n) is 14.2. The number of nitrogens with one attached hydrogen (secondary N) is 1. The maximum atomic E-state index is 13.9. The number of para-hydroxylation sites is 1. The summed E-state index contributed by atoms with van der Waals surface area (Å²) in [5.41, 5.74) is 0.680. The molecule has 0 unspecified atom stereocenters. The first-order chi connectivity index (χ1) is 11.6. The van der Waals surface area contributed by atoms with E-state index in [2.05, 4.69) is 38.9 Å². The molecule has 1 aromatic carbocycles. The van der Waals surface area contributed by atoms with E-state index in [0.29, 0.717) is 11.6 Å². The number of hydrogen-bond acceptors (Lipinski definition) is 5. The fourth-order valence-electron chi connectivity index (χ4n) is 2.81. The van der Waals surface area contributed by atoms with Crippen LogP contribution in [0, 0.1) is 11.7 Å². The van der Waals surface area contributed by atoms with Crippen molar-refractivity contribution in [3.63, 3.8) is 0 Å². The Kier molecular flexibility index (Phi) is 5.13. The lowest BCUT2D eigenvalue weighted by molar-refractivity contribution is 0.596. The van der Waals surface area contributed by atoms with Crippen molar-refractivity contribution in [2.24, 2.45) is 5.92 Å². The van der Waals surface area contributed by atoms with E-state index in [-0.39, 0.29) is 5.82 Å². The average molecular weight is 329 g/mol. The minimum atomic E-state index is -0.159. The van der Waals surface area contributed by atoms with Crippen molar-refractivity contribution < 1.29 is 4.39 Å². The highest BCUT2D eigenvalue weighted by Gasteiger charge is 2.20. The number of rotatable bonds is 5. The summed E-state index contributed by atoms with van der Waals surface area (Å²) in [6.07, 6.45) is 1.60. The van der Waals surface area contributed by atoms with Crippen LogP contribution in [0.1, 0.15) is 13.8 Å². The van der Waals surface area contributed by atoms with Crippen LogP contribution in [0.2, 0.25) is 0 Å². The van der Waals surface area contributed by atoms with Crippen LogP contribution in [-0.2, 0) is 0 Å². The van der Waals surface area contributed by atoms with Crippen molar-refractivity contribution in [2.45, 2.75) is 13.8 Å². The van der Waals surface area contributed by atoms with Gasteiger partial charge in [0.15, 0.2) is 0 Å². The highest BCUT2D eigenvalue weighted by molar-refractivity contribution is 5.52. The van der Waals surface area contributed by atoms with Crippen molar-refractivity contribution in [3.8, 4) is 0 Å². The fourth-order valence-corrected chi connectivity index (χ4v) is 2.81. The first-order valence-corrected chi connectivity index (χ1v) is 8.44. The van der Waals surface area contributed by atoms with Gasteiger partial charge in [-0.05, 0) is 18.1 Å². The van der Waals surface area contributed by atoms with Crippen LogP contribution in [0.25, 0.3) is 0 Å². The molecule has 2 aromatic rings. The van der Waals surface area contributed by atoms with E-state index in [0.717, 1.165) is 44.4 Å². The van der Waals surface area contributed by atoms with Crippen LogP contribution >= 0.6 is 0 Å². The third kappa shape index (κ3) is 3.93. The summed E-state index contributed by atoms with van der Waals surface area (Å²) in [5.74, 6) is 2.18. The lowest BCUT2D eigenvalue weighted by Crippen LogP contribution is -2.47. The summed E-state index contributed by atoms with van der Waals surface area (Å²) in [5, 5.41) is 3.33. The van der Waals surface area contributed by atoms with Crippen LogP contribution in [0.4, 0.5) is 21.7 Å². The lowest BCUT2D eigenvalue weighted by Gasteiger charge is -2.36. The van der Waals surface area contributed by atoms with Crippen molar-refractivity contribution in [3.05, 3.63) is 42.5 Å². The number of anilines is 3. The number of aromatic nitrogens is 2. The zero-order chi connectivity index (χ0) is 16.9. The van der Waals surface area contributed by atoms with E-state index in [9.17, 15) is 4.39 Å². The first-order valence-electron chi connectivity index (χ1n) is 8.44. The van der Waals surface area contributed by atoms with Crippen molar-refractivity contribution in [1.82, 2.24) is 9.97 Å². The third-order valence-electron chi connectivity index (χ3n) is 4.14. The summed E-state index contributed by atoms with van der Waals surface area (Å²) < 4.78 is 13.9. The Bertz CT molecular complexity index is 668. The van der Waals surface area contributed by atoms with Crippen molar-refractivity contribution in [2.75, 3.05) is 47.8 Å². The fraction of sp³-hybridized carbons (Fsp3) is 0.444. The third-order valence-corrected chi connectivity index (χ3v) is 4.14. The Balaban J connectivity index is 1.62. The molecule has 0 atom stereocenters. The molecule has 0 bridgehead atoms. The molecule has 0 saturated carbocycles.